The Morgan fingerprint density at radius 1 is 1.40 bits per heavy atom. The molecule has 6 heteroatoms. The first kappa shape index (κ1) is 11.0. The summed E-state index contributed by atoms with van der Waals surface area (Å²) in [5.41, 5.74) is 0.564. The highest BCUT2D eigenvalue weighted by atomic mass is 35.5. The van der Waals surface area contributed by atoms with Gasteiger partial charge in [0, 0.05) is 13.0 Å². The Labute approximate surface area is 102 Å². The van der Waals surface area contributed by atoms with Crippen molar-refractivity contribution >= 4 is 46.4 Å². The summed E-state index contributed by atoms with van der Waals surface area (Å²) in [6.45, 7) is 0.462. The zero-order valence-corrected chi connectivity index (χ0v) is 9.85. The maximum Gasteiger partial charge on any atom is 0.228 e. The summed E-state index contributed by atoms with van der Waals surface area (Å²) in [5.74, 6) is -0.0407. The van der Waals surface area contributed by atoms with E-state index < -0.39 is 0 Å². The number of aromatic nitrogens is 1. The van der Waals surface area contributed by atoms with Crippen molar-refractivity contribution in [3.63, 3.8) is 0 Å². The van der Waals surface area contributed by atoms with Crippen molar-refractivity contribution in [2.45, 2.75) is 11.8 Å². The van der Waals surface area contributed by atoms with E-state index in [2.05, 4.69) is 4.98 Å². The van der Waals surface area contributed by atoms with Gasteiger partial charge in [-0.25, -0.2) is 4.98 Å². The van der Waals surface area contributed by atoms with Gasteiger partial charge in [-0.15, -0.1) is 11.6 Å². The minimum absolute atomic E-state index is 0.0407. The van der Waals surface area contributed by atoms with Crippen molar-refractivity contribution < 1.29 is 4.79 Å². The van der Waals surface area contributed by atoms with Gasteiger partial charge >= 0.3 is 0 Å². The first-order valence-corrected chi connectivity index (χ1v) is 5.53. The summed E-state index contributed by atoms with van der Waals surface area (Å²) in [6.07, 6.45) is 0.334. The van der Waals surface area contributed by atoms with Gasteiger partial charge < -0.3 is 4.90 Å². The molecule has 1 aliphatic rings. The minimum Gasteiger partial charge on any atom is -0.308 e. The Balaban J connectivity index is 2.34. The summed E-state index contributed by atoms with van der Waals surface area (Å²) in [5, 5.41) is 0.365. The smallest absolute Gasteiger partial charge is 0.228 e. The Hall–Kier alpha value is -0.510. The Bertz CT molecular complexity index is 410. The molecule has 0 bridgehead atoms. The monoisotopic (exact) mass is 264 g/mol. The van der Waals surface area contributed by atoms with Gasteiger partial charge in [-0.2, -0.15) is 0 Å². The molecule has 0 aromatic carbocycles. The number of halogens is 3. The number of amides is 1. The summed E-state index contributed by atoms with van der Waals surface area (Å²) in [7, 11) is 0. The zero-order chi connectivity index (χ0) is 11.0. The highest BCUT2D eigenvalue weighted by Gasteiger charge is 2.30. The van der Waals surface area contributed by atoms with Crippen LogP contribution in [-0.2, 0) is 4.79 Å². The molecule has 1 aromatic heterocycles. The van der Waals surface area contributed by atoms with Crippen LogP contribution in [0.15, 0.2) is 12.1 Å². The van der Waals surface area contributed by atoms with E-state index in [1.54, 1.807) is 12.1 Å². The Morgan fingerprint density at radius 3 is 2.67 bits per heavy atom. The van der Waals surface area contributed by atoms with Crippen LogP contribution in [-0.4, -0.2) is 22.8 Å². The zero-order valence-electron chi connectivity index (χ0n) is 7.58. The molecule has 80 valence electrons. The summed E-state index contributed by atoms with van der Waals surface area (Å²) in [6, 6.07) is 3.27. The molecule has 0 N–H and O–H groups in total. The molecule has 1 amide bonds. The van der Waals surface area contributed by atoms with E-state index in [1.807, 2.05) is 0 Å². The quantitative estimate of drug-likeness (QED) is 0.578. The fourth-order valence-electron chi connectivity index (χ4n) is 1.50. The lowest BCUT2D eigenvalue weighted by molar-refractivity contribution is -0.117. The number of nitrogens with zero attached hydrogens (tertiary/aromatic N) is 2. The second-order valence-corrected chi connectivity index (χ2v) is 4.61. The lowest BCUT2D eigenvalue weighted by Crippen LogP contribution is -2.25. The molecular weight excluding hydrogens is 258 g/mol. The third-order valence-electron chi connectivity index (χ3n) is 2.16. The van der Waals surface area contributed by atoms with Gasteiger partial charge in [0.15, 0.2) is 5.15 Å². The molecule has 1 fully saturated rings. The molecule has 1 aliphatic heterocycles. The molecular formula is C9H7Cl3N2O. The van der Waals surface area contributed by atoms with Crippen molar-refractivity contribution in [2.75, 3.05) is 11.4 Å². The maximum absolute atomic E-state index is 11.5. The maximum atomic E-state index is 11.5. The molecule has 0 aliphatic carbocycles. The normalized spacial score (nSPS) is 21.1. The number of anilines is 1. The fraction of sp³-hybridized carbons (Fsp3) is 0.333. The van der Waals surface area contributed by atoms with Crippen LogP contribution < -0.4 is 4.90 Å². The van der Waals surface area contributed by atoms with E-state index in [0.717, 1.165) is 0 Å². The van der Waals surface area contributed by atoms with Crippen molar-refractivity contribution in [1.29, 1.82) is 0 Å². The van der Waals surface area contributed by atoms with Crippen LogP contribution >= 0.6 is 34.8 Å². The van der Waals surface area contributed by atoms with Crippen molar-refractivity contribution in [3.8, 4) is 0 Å². The second kappa shape index (κ2) is 4.16. The van der Waals surface area contributed by atoms with Gasteiger partial charge in [-0.05, 0) is 12.1 Å². The van der Waals surface area contributed by atoms with E-state index in [1.165, 1.54) is 4.90 Å². The summed E-state index contributed by atoms with van der Waals surface area (Å²) >= 11 is 17.4. The largest absolute Gasteiger partial charge is 0.308 e. The molecule has 1 aromatic rings. The molecule has 0 spiro atoms. The predicted molar refractivity (Wildman–Crippen MR) is 60.9 cm³/mol. The minimum atomic E-state index is -0.163. The third kappa shape index (κ3) is 2.19. The summed E-state index contributed by atoms with van der Waals surface area (Å²) < 4.78 is 0. The van der Waals surface area contributed by atoms with E-state index >= 15 is 0 Å². The molecule has 1 atom stereocenters. The molecule has 1 unspecified atom stereocenters. The lowest BCUT2D eigenvalue weighted by atomic mass is 10.4. The van der Waals surface area contributed by atoms with Crippen LogP contribution in [0, 0.1) is 0 Å². The first-order chi connectivity index (χ1) is 7.08. The van der Waals surface area contributed by atoms with E-state index in [-0.39, 0.29) is 16.4 Å². The number of hydrogen-bond acceptors (Lipinski definition) is 2. The van der Waals surface area contributed by atoms with Gasteiger partial charge in [-0.1, -0.05) is 23.2 Å². The lowest BCUT2D eigenvalue weighted by Gasteiger charge is -2.16. The second-order valence-electron chi connectivity index (χ2n) is 3.25. The number of carbonyl (C=O) groups excluding carboxylic acids is 1. The SMILES string of the molecule is O=C1CC(Cl)CN1c1ccc(Cl)nc1Cl. The van der Waals surface area contributed by atoms with Crippen LogP contribution in [0.3, 0.4) is 0 Å². The molecule has 3 nitrogen and oxygen atoms in total. The van der Waals surface area contributed by atoms with Crippen LogP contribution in [0.25, 0.3) is 0 Å². The molecule has 1 saturated heterocycles. The number of rotatable bonds is 1. The van der Waals surface area contributed by atoms with Gasteiger partial charge in [0.25, 0.3) is 0 Å². The third-order valence-corrected chi connectivity index (χ3v) is 2.94. The van der Waals surface area contributed by atoms with Crippen LogP contribution in [0.2, 0.25) is 10.3 Å². The number of carbonyl (C=O) groups is 1. The van der Waals surface area contributed by atoms with Crippen LogP contribution in [0.1, 0.15) is 6.42 Å². The highest BCUT2D eigenvalue weighted by Crippen LogP contribution is 2.30. The molecule has 15 heavy (non-hydrogen) atoms. The topological polar surface area (TPSA) is 33.2 Å². The predicted octanol–water partition coefficient (Wildman–Crippen LogP) is 2.73. The molecule has 2 heterocycles. The van der Waals surface area contributed by atoms with Gasteiger partial charge in [-0.3, -0.25) is 4.79 Å². The number of hydrogen-bond donors (Lipinski definition) is 0. The van der Waals surface area contributed by atoms with Crippen molar-refractivity contribution in [1.82, 2.24) is 4.98 Å². The molecule has 2 rings (SSSR count). The van der Waals surface area contributed by atoms with Crippen LogP contribution in [0.5, 0.6) is 0 Å². The van der Waals surface area contributed by atoms with Crippen molar-refractivity contribution in [3.05, 3.63) is 22.4 Å². The highest BCUT2D eigenvalue weighted by molar-refractivity contribution is 6.35. The van der Waals surface area contributed by atoms with E-state index in [0.29, 0.717) is 23.8 Å². The summed E-state index contributed by atoms with van der Waals surface area (Å²) in [4.78, 5) is 16.9. The Kier molecular flexibility index (Phi) is 3.05. The van der Waals surface area contributed by atoms with Gasteiger partial charge in [0.2, 0.25) is 5.91 Å². The number of pyridine rings is 1. The van der Waals surface area contributed by atoms with E-state index in [9.17, 15) is 4.79 Å². The first-order valence-electron chi connectivity index (χ1n) is 4.34. The molecule has 0 radical (unpaired) electrons. The average molecular weight is 266 g/mol. The van der Waals surface area contributed by atoms with Crippen molar-refractivity contribution in [2.24, 2.45) is 0 Å². The van der Waals surface area contributed by atoms with Gasteiger partial charge in [0.1, 0.15) is 5.15 Å². The molecule has 0 saturated carbocycles. The standard InChI is InChI=1S/C9H7Cl3N2O/c10-5-3-8(15)14(4-5)6-1-2-7(11)13-9(6)12/h1-2,5H,3-4H2. The number of alkyl halides is 1. The van der Waals surface area contributed by atoms with E-state index in [4.69, 9.17) is 34.8 Å². The average Bonchev–Trinajstić information content (AvgIpc) is 2.45. The fourth-order valence-corrected chi connectivity index (χ4v) is 2.22. The van der Waals surface area contributed by atoms with Crippen LogP contribution in [0.4, 0.5) is 5.69 Å². The van der Waals surface area contributed by atoms with Gasteiger partial charge in [0.05, 0.1) is 11.1 Å². The Morgan fingerprint density at radius 2 is 2.13 bits per heavy atom.